The zero-order chi connectivity index (χ0) is 23.1. The monoisotopic (exact) mass is 454 g/mol. The molecule has 3 aromatic carbocycles. The molecule has 0 heterocycles. The van der Waals surface area contributed by atoms with Gasteiger partial charge in [0.1, 0.15) is 11.5 Å². The smallest absolute Gasteiger partial charge is 0.261 e. The molecule has 0 radical (unpaired) electrons. The molecule has 32 heavy (non-hydrogen) atoms. The number of ether oxygens (including phenoxy) is 2. The Morgan fingerprint density at radius 3 is 2.09 bits per heavy atom. The minimum absolute atomic E-state index is 0.100. The molecule has 8 heteroatoms. The third kappa shape index (κ3) is 6.24. The molecule has 0 spiro atoms. The summed E-state index contributed by atoms with van der Waals surface area (Å²) in [7, 11) is -2.12. The highest BCUT2D eigenvalue weighted by molar-refractivity contribution is 7.92. The van der Waals surface area contributed by atoms with Gasteiger partial charge in [0.05, 0.1) is 18.0 Å². The number of amides is 1. The standard InChI is InChI=1S/C24H26N2O5S/c1-17-4-8-20(9-5-17)26-32(28,29)23-14-12-22(13-15-23)31-16-24(27)25-18(2)19-6-10-21(30-3)11-7-19/h4-15,18,26H,16H2,1-3H3,(H,25,27). The Morgan fingerprint density at radius 1 is 0.906 bits per heavy atom. The summed E-state index contributed by atoms with van der Waals surface area (Å²) in [5.74, 6) is 0.854. The van der Waals surface area contributed by atoms with E-state index in [9.17, 15) is 13.2 Å². The normalized spacial score (nSPS) is 12.0. The van der Waals surface area contributed by atoms with Crippen LogP contribution in [0.2, 0.25) is 0 Å². The van der Waals surface area contributed by atoms with E-state index >= 15 is 0 Å². The van der Waals surface area contributed by atoms with Gasteiger partial charge in [-0.2, -0.15) is 0 Å². The summed E-state index contributed by atoms with van der Waals surface area (Å²) in [6.45, 7) is 3.62. The van der Waals surface area contributed by atoms with Gasteiger partial charge in [0.25, 0.3) is 15.9 Å². The summed E-state index contributed by atoms with van der Waals surface area (Å²) in [5, 5.41) is 2.86. The second-order valence-electron chi connectivity index (χ2n) is 7.29. The van der Waals surface area contributed by atoms with E-state index in [0.717, 1.165) is 16.9 Å². The summed E-state index contributed by atoms with van der Waals surface area (Å²) >= 11 is 0. The van der Waals surface area contributed by atoms with Crippen LogP contribution in [0.25, 0.3) is 0 Å². The number of aryl methyl sites for hydroxylation is 1. The van der Waals surface area contributed by atoms with Crippen LogP contribution in [0.5, 0.6) is 11.5 Å². The molecule has 0 bridgehead atoms. The van der Waals surface area contributed by atoms with Gasteiger partial charge in [0.2, 0.25) is 0 Å². The van der Waals surface area contributed by atoms with Crippen molar-refractivity contribution in [3.63, 3.8) is 0 Å². The Kier molecular flexibility index (Phi) is 7.37. The number of carbonyl (C=O) groups excluding carboxylic acids is 1. The number of benzene rings is 3. The molecular formula is C24H26N2O5S. The molecule has 0 aliphatic rings. The summed E-state index contributed by atoms with van der Waals surface area (Å²) < 4.78 is 38.2. The van der Waals surface area contributed by atoms with Gasteiger partial charge in [-0.25, -0.2) is 8.42 Å². The first-order valence-corrected chi connectivity index (χ1v) is 11.5. The Hall–Kier alpha value is -3.52. The predicted molar refractivity (Wildman–Crippen MR) is 123 cm³/mol. The van der Waals surface area contributed by atoms with Gasteiger partial charge < -0.3 is 14.8 Å². The van der Waals surface area contributed by atoms with Gasteiger partial charge in [-0.1, -0.05) is 29.8 Å². The third-order valence-corrected chi connectivity index (χ3v) is 6.20. The van der Waals surface area contributed by atoms with Crippen LogP contribution >= 0.6 is 0 Å². The van der Waals surface area contributed by atoms with Crippen LogP contribution in [0, 0.1) is 6.92 Å². The summed E-state index contributed by atoms with van der Waals surface area (Å²) in [6, 6.07) is 20.2. The van der Waals surface area contributed by atoms with Gasteiger partial charge in [0, 0.05) is 5.69 Å². The molecule has 0 saturated carbocycles. The molecular weight excluding hydrogens is 428 g/mol. The molecule has 168 valence electrons. The van der Waals surface area contributed by atoms with Crippen molar-refractivity contribution in [2.75, 3.05) is 18.4 Å². The van der Waals surface area contributed by atoms with Crippen LogP contribution in [0.1, 0.15) is 24.1 Å². The Morgan fingerprint density at radius 2 is 1.50 bits per heavy atom. The van der Waals surface area contributed by atoms with Gasteiger partial charge in [-0.05, 0) is 67.9 Å². The lowest BCUT2D eigenvalue weighted by Gasteiger charge is -2.15. The quantitative estimate of drug-likeness (QED) is 0.509. The topological polar surface area (TPSA) is 93.7 Å². The number of methoxy groups -OCH3 is 1. The van der Waals surface area contributed by atoms with Crippen LogP contribution < -0.4 is 19.5 Å². The number of carbonyl (C=O) groups is 1. The van der Waals surface area contributed by atoms with Crippen molar-refractivity contribution in [1.82, 2.24) is 5.32 Å². The molecule has 1 atom stereocenters. The zero-order valence-corrected chi connectivity index (χ0v) is 19.0. The maximum absolute atomic E-state index is 12.5. The third-order valence-electron chi connectivity index (χ3n) is 4.80. The molecule has 1 unspecified atom stereocenters. The Balaban J connectivity index is 1.53. The first-order valence-electron chi connectivity index (χ1n) is 10.0. The van der Waals surface area contributed by atoms with Gasteiger partial charge >= 0.3 is 0 Å². The van der Waals surface area contributed by atoms with Crippen LogP contribution in [0.4, 0.5) is 5.69 Å². The lowest BCUT2D eigenvalue weighted by atomic mass is 10.1. The molecule has 0 fully saturated rings. The van der Waals surface area contributed by atoms with Gasteiger partial charge in [0.15, 0.2) is 6.61 Å². The second-order valence-corrected chi connectivity index (χ2v) is 8.98. The summed E-state index contributed by atoms with van der Waals surface area (Å²) in [6.07, 6.45) is 0. The first kappa shape index (κ1) is 23.1. The lowest BCUT2D eigenvalue weighted by Crippen LogP contribution is -2.31. The van der Waals surface area contributed by atoms with E-state index in [1.165, 1.54) is 24.3 Å². The second kappa shape index (κ2) is 10.2. The zero-order valence-electron chi connectivity index (χ0n) is 18.2. The van der Waals surface area contributed by atoms with E-state index in [1.54, 1.807) is 19.2 Å². The molecule has 0 saturated heterocycles. The van der Waals surface area contributed by atoms with Crippen molar-refractivity contribution in [2.45, 2.75) is 24.8 Å². The van der Waals surface area contributed by atoms with E-state index in [2.05, 4.69) is 10.0 Å². The maximum atomic E-state index is 12.5. The van der Waals surface area contributed by atoms with Crippen molar-refractivity contribution in [3.05, 3.63) is 83.9 Å². The average molecular weight is 455 g/mol. The highest BCUT2D eigenvalue weighted by Gasteiger charge is 2.15. The van der Waals surface area contributed by atoms with Crippen molar-refractivity contribution in [2.24, 2.45) is 0 Å². The number of hydrogen-bond acceptors (Lipinski definition) is 5. The fourth-order valence-electron chi connectivity index (χ4n) is 2.96. The number of sulfonamides is 1. The lowest BCUT2D eigenvalue weighted by molar-refractivity contribution is -0.123. The molecule has 2 N–H and O–H groups in total. The molecule has 3 rings (SSSR count). The minimum Gasteiger partial charge on any atom is -0.497 e. The predicted octanol–water partition coefficient (Wildman–Crippen LogP) is 4.06. The maximum Gasteiger partial charge on any atom is 0.261 e. The van der Waals surface area contributed by atoms with Crippen LogP contribution in [-0.2, 0) is 14.8 Å². The van der Waals surface area contributed by atoms with E-state index in [1.807, 2.05) is 50.2 Å². The van der Waals surface area contributed by atoms with Crippen molar-refractivity contribution in [1.29, 1.82) is 0 Å². The van der Waals surface area contributed by atoms with E-state index in [-0.39, 0.29) is 23.5 Å². The van der Waals surface area contributed by atoms with Gasteiger partial charge in [-0.15, -0.1) is 0 Å². The number of anilines is 1. The average Bonchev–Trinajstić information content (AvgIpc) is 2.79. The fourth-order valence-corrected chi connectivity index (χ4v) is 4.02. The summed E-state index contributed by atoms with van der Waals surface area (Å²) in [4.78, 5) is 12.3. The Labute approximate surface area is 188 Å². The fraction of sp³-hybridized carbons (Fsp3) is 0.208. The van der Waals surface area contributed by atoms with Crippen LogP contribution in [0.15, 0.2) is 77.7 Å². The highest BCUT2D eigenvalue weighted by atomic mass is 32.2. The first-order chi connectivity index (χ1) is 15.3. The van der Waals surface area contributed by atoms with Crippen LogP contribution in [0.3, 0.4) is 0 Å². The van der Waals surface area contributed by atoms with Gasteiger partial charge in [-0.3, -0.25) is 9.52 Å². The number of nitrogens with one attached hydrogen (secondary N) is 2. The van der Waals surface area contributed by atoms with Crippen molar-refractivity contribution < 1.29 is 22.7 Å². The largest absolute Gasteiger partial charge is 0.497 e. The molecule has 0 aliphatic heterocycles. The van der Waals surface area contributed by atoms with E-state index < -0.39 is 10.0 Å². The molecule has 3 aromatic rings. The van der Waals surface area contributed by atoms with Crippen molar-refractivity contribution >= 4 is 21.6 Å². The SMILES string of the molecule is COc1ccc(C(C)NC(=O)COc2ccc(S(=O)(=O)Nc3ccc(C)cc3)cc2)cc1. The van der Waals surface area contributed by atoms with Crippen molar-refractivity contribution in [3.8, 4) is 11.5 Å². The molecule has 0 aliphatic carbocycles. The van der Waals surface area contributed by atoms with Crippen LogP contribution in [-0.4, -0.2) is 28.0 Å². The molecule has 7 nitrogen and oxygen atoms in total. The Bertz CT molecular complexity index is 1140. The summed E-state index contributed by atoms with van der Waals surface area (Å²) in [5.41, 5.74) is 2.46. The molecule has 1 amide bonds. The van der Waals surface area contributed by atoms with E-state index in [4.69, 9.17) is 9.47 Å². The number of hydrogen-bond donors (Lipinski definition) is 2. The number of rotatable bonds is 9. The van der Waals surface area contributed by atoms with E-state index in [0.29, 0.717) is 11.4 Å². The highest BCUT2D eigenvalue weighted by Crippen LogP contribution is 2.20. The minimum atomic E-state index is -3.72. The molecule has 0 aromatic heterocycles.